The van der Waals surface area contributed by atoms with E-state index in [4.69, 9.17) is 4.42 Å². The molecule has 3 aromatic rings. The minimum atomic E-state index is 0.552. The van der Waals surface area contributed by atoms with Crippen LogP contribution in [0.5, 0.6) is 0 Å². The number of hydrogen-bond donors (Lipinski definition) is 1. The summed E-state index contributed by atoms with van der Waals surface area (Å²) in [6, 6.07) is 19.5. The largest absolute Gasteiger partial charge is 0.444 e. The van der Waals surface area contributed by atoms with Crippen LogP contribution in [0.1, 0.15) is 29.7 Å². The van der Waals surface area contributed by atoms with E-state index in [1.54, 1.807) is 6.26 Å². The fourth-order valence-corrected chi connectivity index (χ4v) is 3.68. The van der Waals surface area contributed by atoms with E-state index in [1.807, 2.05) is 12.1 Å². The molecule has 1 fully saturated rings. The number of hydrogen-bond acceptors (Lipinski definition) is 4. The third-order valence-electron chi connectivity index (χ3n) is 5.23. The third-order valence-corrected chi connectivity index (χ3v) is 5.23. The van der Waals surface area contributed by atoms with Crippen molar-refractivity contribution in [2.24, 2.45) is 0 Å². The van der Waals surface area contributed by atoms with Gasteiger partial charge in [-0.1, -0.05) is 48.0 Å². The maximum absolute atomic E-state index is 5.67. The zero-order valence-corrected chi connectivity index (χ0v) is 15.9. The minimum absolute atomic E-state index is 0.552. The highest BCUT2D eigenvalue weighted by Crippen LogP contribution is 2.20. The molecule has 0 aliphatic carbocycles. The fourth-order valence-electron chi connectivity index (χ4n) is 3.68. The topological polar surface area (TPSA) is 41.3 Å². The Labute approximate surface area is 161 Å². The van der Waals surface area contributed by atoms with Gasteiger partial charge in [0.2, 0.25) is 5.89 Å². The summed E-state index contributed by atoms with van der Waals surface area (Å²) in [4.78, 5) is 7.18. The zero-order chi connectivity index (χ0) is 18.5. The van der Waals surface area contributed by atoms with Crippen molar-refractivity contribution < 1.29 is 4.42 Å². The van der Waals surface area contributed by atoms with E-state index in [0.717, 1.165) is 37.4 Å². The van der Waals surface area contributed by atoms with Gasteiger partial charge in [-0.05, 0) is 50.6 Å². The maximum Gasteiger partial charge on any atom is 0.226 e. The van der Waals surface area contributed by atoms with Gasteiger partial charge in [0.05, 0.1) is 5.69 Å². The van der Waals surface area contributed by atoms with Crippen LogP contribution in [0.4, 0.5) is 0 Å². The predicted molar refractivity (Wildman–Crippen MR) is 108 cm³/mol. The first-order chi connectivity index (χ1) is 13.3. The van der Waals surface area contributed by atoms with Crippen LogP contribution in [0.2, 0.25) is 0 Å². The van der Waals surface area contributed by atoms with Gasteiger partial charge >= 0.3 is 0 Å². The molecule has 27 heavy (non-hydrogen) atoms. The second-order valence-corrected chi connectivity index (χ2v) is 7.43. The average molecular weight is 361 g/mol. The fraction of sp³-hybridized carbons (Fsp3) is 0.348. The molecule has 0 spiro atoms. The molecule has 0 unspecified atom stereocenters. The quantitative estimate of drug-likeness (QED) is 0.706. The zero-order valence-electron chi connectivity index (χ0n) is 15.9. The predicted octanol–water partition coefficient (Wildman–Crippen LogP) is 4.40. The highest BCUT2D eigenvalue weighted by atomic mass is 16.3. The summed E-state index contributed by atoms with van der Waals surface area (Å²) in [5.74, 6) is 0.702. The van der Waals surface area contributed by atoms with Crippen molar-refractivity contribution >= 4 is 0 Å². The van der Waals surface area contributed by atoms with Crippen molar-refractivity contribution in [3.63, 3.8) is 0 Å². The summed E-state index contributed by atoms with van der Waals surface area (Å²) >= 11 is 0. The Hall–Kier alpha value is -2.43. The molecule has 2 heterocycles. The van der Waals surface area contributed by atoms with Gasteiger partial charge in [0.25, 0.3) is 0 Å². The van der Waals surface area contributed by atoms with Gasteiger partial charge in [-0.2, -0.15) is 0 Å². The number of aromatic nitrogens is 1. The SMILES string of the molecule is Cc1cccc(-c2nc(CNC3CCN(Cc4ccccc4)CC3)co2)c1. The number of rotatable bonds is 6. The molecule has 0 bridgehead atoms. The van der Waals surface area contributed by atoms with E-state index in [1.165, 1.54) is 24.0 Å². The lowest BCUT2D eigenvalue weighted by Gasteiger charge is -2.32. The number of aryl methyl sites for hydroxylation is 1. The average Bonchev–Trinajstić information content (AvgIpc) is 3.17. The first-order valence-corrected chi connectivity index (χ1v) is 9.77. The molecule has 140 valence electrons. The molecule has 2 aromatic carbocycles. The normalized spacial score (nSPS) is 15.9. The molecular formula is C23H27N3O. The number of oxazole rings is 1. The van der Waals surface area contributed by atoms with Gasteiger partial charge in [0, 0.05) is 24.7 Å². The van der Waals surface area contributed by atoms with E-state index in [0.29, 0.717) is 11.9 Å². The summed E-state index contributed by atoms with van der Waals surface area (Å²) < 4.78 is 5.67. The highest BCUT2D eigenvalue weighted by Gasteiger charge is 2.19. The second kappa shape index (κ2) is 8.51. The van der Waals surface area contributed by atoms with E-state index in [9.17, 15) is 0 Å². The summed E-state index contributed by atoms with van der Waals surface area (Å²) in [6.07, 6.45) is 4.13. The molecule has 1 aliphatic rings. The van der Waals surface area contributed by atoms with Crippen LogP contribution in [-0.2, 0) is 13.1 Å². The van der Waals surface area contributed by atoms with Crippen molar-refractivity contribution in [2.45, 2.75) is 38.9 Å². The standard InChI is InChI=1S/C23H27N3O/c1-18-6-5-9-20(14-18)23-25-22(17-27-23)15-24-21-10-12-26(13-11-21)16-19-7-3-2-4-8-19/h2-9,14,17,21,24H,10-13,15-16H2,1H3. The smallest absolute Gasteiger partial charge is 0.226 e. The van der Waals surface area contributed by atoms with Crippen molar-refractivity contribution in [1.29, 1.82) is 0 Å². The summed E-state index contributed by atoms with van der Waals surface area (Å²) in [6.45, 7) is 6.17. The van der Waals surface area contributed by atoms with Crippen LogP contribution in [-0.4, -0.2) is 29.0 Å². The molecule has 4 heteroatoms. The summed E-state index contributed by atoms with van der Waals surface area (Å²) in [7, 11) is 0. The Bertz CT molecular complexity index is 851. The number of nitrogens with zero attached hydrogens (tertiary/aromatic N) is 2. The lowest BCUT2D eigenvalue weighted by atomic mass is 10.0. The van der Waals surface area contributed by atoms with Gasteiger partial charge in [-0.15, -0.1) is 0 Å². The van der Waals surface area contributed by atoms with Gasteiger partial charge in [-0.3, -0.25) is 4.90 Å². The lowest BCUT2D eigenvalue weighted by molar-refractivity contribution is 0.190. The number of benzene rings is 2. The van der Waals surface area contributed by atoms with Crippen molar-refractivity contribution in [3.05, 3.63) is 77.7 Å². The number of nitrogens with one attached hydrogen (secondary N) is 1. The van der Waals surface area contributed by atoms with Gasteiger partial charge in [-0.25, -0.2) is 4.98 Å². The van der Waals surface area contributed by atoms with Gasteiger partial charge in [0.1, 0.15) is 6.26 Å². The van der Waals surface area contributed by atoms with Gasteiger partial charge in [0.15, 0.2) is 0 Å². The molecule has 0 radical (unpaired) electrons. The molecule has 4 rings (SSSR count). The van der Waals surface area contributed by atoms with Crippen LogP contribution in [0, 0.1) is 6.92 Å². The van der Waals surface area contributed by atoms with Crippen LogP contribution in [0.3, 0.4) is 0 Å². The molecule has 1 aliphatic heterocycles. The van der Waals surface area contributed by atoms with E-state index in [-0.39, 0.29) is 0 Å². The Kier molecular flexibility index (Phi) is 5.66. The lowest BCUT2D eigenvalue weighted by Crippen LogP contribution is -2.41. The van der Waals surface area contributed by atoms with Crippen molar-refractivity contribution in [3.8, 4) is 11.5 Å². The molecule has 0 amide bonds. The molecule has 0 atom stereocenters. The van der Waals surface area contributed by atoms with Crippen molar-refractivity contribution in [2.75, 3.05) is 13.1 Å². The van der Waals surface area contributed by atoms with Crippen LogP contribution < -0.4 is 5.32 Å². The molecule has 4 nitrogen and oxygen atoms in total. The molecule has 0 saturated carbocycles. The van der Waals surface area contributed by atoms with E-state index in [2.05, 4.69) is 64.6 Å². The van der Waals surface area contributed by atoms with Crippen molar-refractivity contribution in [1.82, 2.24) is 15.2 Å². The second-order valence-electron chi connectivity index (χ2n) is 7.43. The summed E-state index contributed by atoms with van der Waals surface area (Å²) in [5.41, 5.74) is 4.62. The Morgan fingerprint density at radius 3 is 2.67 bits per heavy atom. The third kappa shape index (κ3) is 4.85. The number of likely N-dealkylation sites (tertiary alicyclic amines) is 1. The van der Waals surface area contributed by atoms with Crippen LogP contribution >= 0.6 is 0 Å². The minimum Gasteiger partial charge on any atom is -0.444 e. The van der Waals surface area contributed by atoms with E-state index >= 15 is 0 Å². The maximum atomic E-state index is 5.67. The molecule has 1 saturated heterocycles. The first kappa shape index (κ1) is 18.0. The monoisotopic (exact) mass is 361 g/mol. The van der Waals surface area contributed by atoms with Gasteiger partial charge < -0.3 is 9.73 Å². The molecular weight excluding hydrogens is 334 g/mol. The summed E-state index contributed by atoms with van der Waals surface area (Å²) in [5, 5.41) is 3.65. The number of piperidine rings is 1. The first-order valence-electron chi connectivity index (χ1n) is 9.77. The Morgan fingerprint density at radius 2 is 1.89 bits per heavy atom. The van der Waals surface area contributed by atoms with Crippen LogP contribution in [0.15, 0.2) is 65.3 Å². The van der Waals surface area contributed by atoms with E-state index < -0.39 is 0 Å². The Morgan fingerprint density at radius 1 is 1.07 bits per heavy atom. The molecule has 1 N–H and O–H groups in total. The highest BCUT2D eigenvalue weighted by molar-refractivity contribution is 5.54. The van der Waals surface area contributed by atoms with Crippen LogP contribution in [0.25, 0.3) is 11.5 Å². The molecule has 1 aromatic heterocycles. The Balaban J connectivity index is 1.25.